The topological polar surface area (TPSA) is 264 Å². The second kappa shape index (κ2) is 9.88. The summed E-state index contributed by atoms with van der Waals surface area (Å²) in [7, 11) is -17.0. The van der Waals surface area contributed by atoms with E-state index in [9.17, 15) is 43.3 Å². The van der Waals surface area contributed by atoms with Gasteiger partial charge in [-0.25, -0.2) is 18.5 Å². The van der Waals surface area contributed by atoms with Gasteiger partial charge in [0, 0.05) is 11.8 Å². The summed E-state index contributed by atoms with van der Waals surface area (Å²) in [5.41, 5.74) is -4.33. The summed E-state index contributed by atoms with van der Waals surface area (Å²) >= 11 is 0. The van der Waals surface area contributed by atoms with Crippen LogP contribution in [0.15, 0.2) is 15.7 Å². The van der Waals surface area contributed by atoms with Crippen molar-refractivity contribution >= 4 is 23.5 Å². The molecule has 1 fully saturated rings. The van der Waals surface area contributed by atoms with Gasteiger partial charge in [-0.05, 0) is 20.8 Å². The summed E-state index contributed by atoms with van der Waals surface area (Å²) in [6.07, 6.45) is -7.27. The van der Waals surface area contributed by atoms with Gasteiger partial charge in [0.25, 0.3) is 5.56 Å². The van der Waals surface area contributed by atoms with Crippen LogP contribution in [-0.2, 0) is 31.6 Å². The number of nitrogens with one attached hydrogen (secondary N) is 1. The molecule has 0 bridgehead atoms. The van der Waals surface area contributed by atoms with E-state index in [0.717, 1.165) is 17.6 Å². The Morgan fingerprint density at radius 2 is 1.76 bits per heavy atom. The Labute approximate surface area is 190 Å². The van der Waals surface area contributed by atoms with Gasteiger partial charge in [-0.15, -0.1) is 5.92 Å². The number of aliphatic hydroxyl groups is 2. The number of aliphatic hydroxyl groups excluding tert-OH is 1. The number of hydrogen-bond acceptors (Lipinski definition) is 11. The number of rotatable bonds is 8. The zero-order valence-corrected chi connectivity index (χ0v) is 20.2. The molecule has 0 spiro atoms. The summed E-state index contributed by atoms with van der Waals surface area (Å²) in [5.74, 6) is 4.60. The van der Waals surface area contributed by atoms with Crippen molar-refractivity contribution < 1.29 is 61.4 Å². The highest BCUT2D eigenvalue weighted by Gasteiger charge is 2.58. The van der Waals surface area contributed by atoms with E-state index in [4.69, 9.17) is 14.5 Å². The molecule has 2 rings (SSSR count). The second-order valence-corrected chi connectivity index (χ2v) is 11.3. The Morgan fingerprint density at radius 1 is 1.18 bits per heavy atom. The van der Waals surface area contributed by atoms with Crippen LogP contribution in [0, 0.1) is 18.8 Å². The molecule has 7 atom stereocenters. The lowest BCUT2D eigenvalue weighted by Gasteiger charge is -2.28. The van der Waals surface area contributed by atoms with Crippen LogP contribution in [0.5, 0.6) is 0 Å². The van der Waals surface area contributed by atoms with Gasteiger partial charge in [-0.1, -0.05) is 5.92 Å². The van der Waals surface area contributed by atoms with Crippen molar-refractivity contribution in [3.63, 3.8) is 0 Å². The van der Waals surface area contributed by atoms with E-state index < -0.39 is 64.9 Å². The average Bonchev–Trinajstić information content (AvgIpc) is 2.83. The van der Waals surface area contributed by atoms with Crippen molar-refractivity contribution in [2.24, 2.45) is 0 Å². The van der Waals surface area contributed by atoms with Gasteiger partial charge < -0.3 is 34.5 Å². The average molecular weight is 550 g/mol. The monoisotopic (exact) mass is 550 g/mol. The number of aryl methyl sites for hydroxylation is 1. The molecule has 34 heavy (non-hydrogen) atoms. The number of phosphoric acid groups is 3. The van der Waals surface area contributed by atoms with Crippen molar-refractivity contribution in [2.75, 3.05) is 0 Å². The molecule has 1 saturated heterocycles. The molecule has 1 aliphatic rings. The molecule has 0 aliphatic carbocycles. The molecular weight excluding hydrogens is 529 g/mol. The fraction of sp³-hybridized carbons (Fsp3) is 0.571. The Hall–Kier alpha value is -1.47. The van der Waals surface area contributed by atoms with Crippen LogP contribution in [0.4, 0.5) is 0 Å². The summed E-state index contributed by atoms with van der Waals surface area (Å²) in [4.78, 5) is 61.9. The van der Waals surface area contributed by atoms with Crippen LogP contribution in [0.1, 0.15) is 25.8 Å². The molecule has 20 heteroatoms. The highest BCUT2D eigenvalue weighted by Crippen LogP contribution is 2.66. The van der Waals surface area contributed by atoms with Crippen LogP contribution in [-0.4, -0.2) is 63.3 Å². The maximum Gasteiger partial charge on any atom is 0.490 e. The van der Waals surface area contributed by atoms with E-state index in [2.05, 4.69) is 25.0 Å². The third-order valence-corrected chi connectivity index (χ3v) is 8.26. The molecular formula is C14H21N2O15P3. The molecule has 1 aromatic rings. The van der Waals surface area contributed by atoms with Gasteiger partial charge in [0.05, 0.1) is 6.10 Å². The summed E-state index contributed by atoms with van der Waals surface area (Å²) in [6, 6.07) is 0.986. The quantitative estimate of drug-likeness (QED) is 0.145. The number of aromatic amines is 1. The molecule has 1 aliphatic heterocycles. The Bertz CT molecular complexity index is 1260. The van der Waals surface area contributed by atoms with Gasteiger partial charge in [0.15, 0.2) is 11.8 Å². The van der Waals surface area contributed by atoms with E-state index >= 15 is 0 Å². The molecule has 0 saturated carbocycles. The lowest BCUT2D eigenvalue weighted by Crippen LogP contribution is -2.49. The van der Waals surface area contributed by atoms with E-state index in [0.29, 0.717) is 0 Å². The fourth-order valence-corrected chi connectivity index (χ4v) is 6.37. The third-order valence-electron chi connectivity index (χ3n) is 4.33. The molecule has 1 aromatic heterocycles. The normalized spacial score (nSPS) is 29.5. The molecule has 17 nitrogen and oxygen atoms in total. The van der Waals surface area contributed by atoms with E-state index in [1.165, 1.54) is 13.8 Å². The number of H-pyrrole nitrogens is 1. The number of nitrogens with zero attached hydrogens (tertiary/aromatic N) is 1. The first-order chi connectivity index (χ1) is 15.3. The minimum atomic E-state index is -5.81. The summed E-state index contributed by atoms with van der Waals surface area (Å²) in [6.45, 7) is 3.60. The minimum absolute atomic E-state index is 0.0107. The van der Waals surface area contributed by atoms with Gasteiger partial charge in [-0.2, -0.15) is 8.62 Å². The van der Waals surface area contributed by atoms with Crippen LogP contribution < -0.4 is 11.2 Å². The van der Waals surface area contributed by atoms with Crippen molar-refractivity contribution in [3.05, 3.63) is 32.6 Å². The number of aromatic nitrogens is 2. The van der Waals surface area contributed by atoms with Crippen molar-refractivity contribution in [2.45, 2.75) is 50.9 Å². The third kappa shape index (κ3) is 6.60. The van der Waals surface area contributed by atoms with Crippen molar-refractivity contribution in [1.82, 2.24) is 9.55 Å². The first kappa shape index (κ1) is 28.8. The fourth-order valence-electron chi connectivity index (χ4n) is 3.17. The zero-order valence-electron chi connectivity index (χ0n) is 17.5. The molecule has 7 N–H and O–H groups in total. The zero-order chi connectivity index (χ0) is 26.3. The van der Waals surface area contributed by atoms with E-state index in [-0.39, 0.29) is 5.69 Å². The Kier molecular flexibility index (Phi) is 8.36. The largest absolute Gasteiger partial charge is 0.490 e. The van der Waals surface area contributed by atoms with Crippen LogP contribution >= 0.6 is 23.5 Å². The lowest BCUT2D eigenvalue weighted by atomic mass is 9.92. The summed E-state index contributed by atoms with van der Waals surface area (Å²) in [5, 5.41) is 21.7. The van der Waals surface area contributed by atoms with E-state index in [1.54, 1.807) is 0 Å². The van der Waals surface area contributed by atoms with Gasteiger partial charge in [0.2, 0.25) is 0 Å². The number of ether oxygens (including phenoxy) is 1. The number of phosphoric ester groups is 1. The first-order valence-electron chi connectivity index (χ1n) is 8.96. The smallest absolute Gasteiger partial charge is 0.386 e. The maximum absolute atomic E-state index is 12.3. The Morgan fingerprint density at radius 3 is 2.26 bits per heavy atom. The minimum Gasteiger partial charge on any atom is -0.386 e. The predicted molar refractivity (Wildman–Crippen MR) is 109 cm³/mol. The molecule has 3 unspecified atom stereocenters. The number of hydrogen-bond donors (Lipinski definition) is 7. The standard InChI is InChI=1S/C14H21N2O15P3/c1-4-5-14(20)11(18)10(28-12(14)16-7(2)6-9(17)15-13(16)19)8(3)29-33(24,25)31-34(26,27)30-32(21,22)23/h6,8,10-12,18,20H,1-3H3,(H,24,25)(H,26,27)(H,15,17,19)(H2,21,22,23)/t8-,10+,11-,12+,14?/m0/s1. The molecule has 0 amide bonds. The Balaban J connectivity index is 2.37. The molecule has 0 radical (unpaired) electrons. The summed E-state index contributed by atoms with van der Waals surface area (Å²) < 4.78 is 52.4. The highest BCUT2D eigenvalue weighted by atomic mass is 31.3. The van der Waals surface area contributed by atoms with Gasteiger partial charge in [-0.3, -0.25) is 18.9 Å². The maximum atomic E-state index is 12.3. The van der Waals surface area contributed by atoms with Crippen LogP contribution in [0.25, 0.3) is 0 Å². The first-order valence-corrected chi connectivity index (χ1v) is 13.5. The SMILES string of the molecule is CC#CC1(O)[C@@H](O)[C@@H]([C@H](C)OP(=O)(O)OP(=O)(O)OP(=O)(O)O)O[C@H]1n1c(C)cc(=O)[nH]c1=O. The highest BCUT2D eigenvalue weighted by molar-refractivity contribution is 7.66. The van der Waals surface area contributed by atoms with Gasteiger partial charge >= 0.3 is 29.2 Å². The predicted octanol–water partition coefficient (Wildman–Crippen LogP) is -1.41. The molecule has 2 heterocycles. The van der Waals surface area contributed by atoms with Crippen molar-refractivity contribution in [1.29, 1.82) is 0 Å². The van der Waals surface area contributed by atoms with E-state index in [1.807, 2.05) is 4.98 Å². The van der Waals surface area contributed by atoms with Crippen LogP contribution in [0.2, 0.25) is 0 Å². The van der Waals surface area contributed by atoms with Gasteiger partial charge in [0.1, 0.15) is 12.2 Å². The molecule has 192 valence electrons. The second-order valence-electron chi connectivity index (χ2n) is 6.95. The molecule has 0 aromatic carbocycles. The van der Waals surface area contributed by atoms with Crippen molar-refractivity contribution in [3.8, 4) is 11.8 Å². The van der Waals surface area contributed by atoms with Crippen LogP contribution in [0.3, 0.4) is 0 Å². The lowest BCUT2D eigenvalue weighted by molar-refractivity contribution is -0.0878.